The van der Waals surface area contributed by atoms with Gasteiger partial charge in [0.25, 0.3) is 0 Å². The molecule has 5 heteroatoms. The minimum atomic E-state index is -2.51. The quantitative estimate of drug-likeness (QED) is 0.201. The Morgan fingerprint density at radius 1 is 0.565 bits per heavy atom. The molecule has 3 aromatic heterocycles. The number of hydrogen-bond donors (Lipinski definition) is 0. The van der Waals surface area contributed by atoms with Gasteiger partial charge in [-0.05, 0) is 116 Å². The van der Waals surface area contributed by atoms with E-state index in [2.05, 4.69) is 16.7 Å². The Labute approximate surface area is 273 Å². The maximum atomic E-state index is 8.24. The summed E-state index contributed by atoms with van der Waals surface area (Å²) < 4.78 is 63.9. The fourth-order valence-corrected chi connectivity index (χ4v) is 6.43. The van der Waals surface area contributed by atoms with Crippen LogP contribution in [0.5, 0.6) is 0 Å². The molecule has 0 unspecified atom stereocenters. The average molecular weight is 602 g/mol. The topological polar surface area (TPSA) is 57.0 Å². The summed E-state index contributed by atoms with van der Waals surface area (Å²) in [6.45, 7) is -3.30. The summed E-state index contributed by atoms with van der Waals surface area (Å²) in [7, 11) is 0. The van der Waals surface area contributed by atoms with Gasteiger partial charge in [0.05, 0.1) is 11.0 Å². The van der Waals surface area contributed by atoms with Crippen LogP contribution in [0.4, 0.5) is 0 Å². The molecule has 0 saturated carbocycles. The highest BCUT2D eigenvalue weighted by Crippen LogP contribution is 2.38. The van der Waals surface area contributed by atoms with Crippen LogP contribution in [0.1, 0.15) is 24.9 Å². The van der Waals surface area contributed by atoms with Crippen molar-refractivity contribution in [3.8, 4) is 39.7 Å². The molecule has 0 aliphatic carbocycles. The second-order valence-electron chi connectivity index (χ2n) is 11.6. The van der Waals surface area contributed by atoms with E-state index in [1.165, 1.54) is 0 Å². The normalized spacial score (nSPS) is 14.3. The SMILES string of the molecule is [2H]C([2H])([2H])c1cc(C)cc(C([2H])([2H])[2H])c1-c1ccc(-n2c3ccc(-c4nc5ccccc5o4)cc3c3cc(-c4nc5ccccc5o4)ccc32)cc1. The number of aryl methyl sites for hydroxylation is 3. The van der Waals surface area contributed by atoms with E-state index in [0.29, 0.717) is 34.1 Å². The number of rotatable bonds is 4. The monoisotopic (exact) mass is 601 g/mol. The van der Waals surface area contributed by atoms with Crippen molar-refractivity contribution in [3.63, 3.8) is 0 Å². The van der Waals surface area contributed by atoms with Gasteiger partial charge in [-0.1, -0.05) is 54.1 Å². The smallest absolute Gasteiger partial charge is 0.227 e. The van der Waals surface area contributed by atoms with E-state index in [9.17, 15) is 0 Å². The van der Waals surface area contributed by atoms with Gasteiger partial charge in [-0.25, -0.2) is 9.97 Å². The molecule has 9 aromatic rings. The van der Waals surface area contributed by atoms with Gasteiger partial charge in [0, 0.05) is 35.8 Å². The third-order valence-corrected chi connectivity index (χ3v) is 8.54. The van der Waals surface area contributed by atoms with Crippen molar-refractivity contribution in [2.75, 3.05) is 0 Å². The number of hydrogen-bond acceptors (Lipinski definition) is 4. The molecule has 0 fully saturated rings. The molecule has 0 atom stereocenters. The molecule has 0 amide bonds. The van der Waals surface area contributed by atoms with Gasteiger partial charge in [-0.15, -0.1) is 0 Å². The largest absolute Gasteiger partial charge is 0.436 e. The molecule has 3 heterocycles. The van der Waals surface area contributed by atoms with E-state index in [1.54, 1.807) is 31.2 Å². The summed E-state index contributed by atoms with van der Waals surface area (Å²) in [5.74, 6) is 1.02. The van der Waals surface area contributed by atoms with E-state index in [-0.39, 0.29) is 16.7 Å². The molecule has 0 saturated heterocycles. The Kier molecular flexibility index (Phi) is 4.57. The zero-order chi connectivity index (χ0) is 35.9. The number of para-hydroxylation sites is 4. The molecule has 0 radical (unpaired) electrons. The Morgan fingerprint density at radius 3 is 1.57 bits per heavy atom. The number of oxazole rings is 2. The fraction of sp³-hybridized carbons (Fsp3) is 0.0732. The Bertz CT molecular complexity index is 2610. The minimum Gasteiger partial charge on any atom is -0.436 e. The lowest BCUT2D eigenvalue weighted by Crippen LogP contribution is -1.95. The van der Waals surface area contributed by atoms with Crippen molar-refractivity contribution in [2.24, 2.45) is 0 Å². The first kappa shape index (κ1) is 20.9. The van der Waals surface area contributed by atoms with E-state index in [1.807, 2.05) is 84.9 Å². The number of nitrogens with zero attached hydrogens (tertiary/aromatic N) is 3. The van der Waals surface area contributed by atoms with Crippen molar-refractivity contribution < 1.29 is 17.1 Å². The highest BCUT2D eigenvalue weighted by molar-refractivity contribution is 6.11. The third-order valence-electron chi connectivity index (χ3n) is 8.54. The first-order valence-electron chi connectivity index (χ1n) is 18.0. The van der Waals surface area contributed by atoms with Crippen LogP contribution in [0, 0.1) is 20.6 Å². The fourth-order valence-electron chi connectivity index (χ4n) is 6.43. The summed E-state index contributed by atoms with van der Waals surface area (Å²) in [6.07, 6.45) is 0. The van der Waals surface area contributed by atoms with E-state index in [0.717, 1.165) is 49.7 Å². The first-order valence-corrected chi connectivity index (χ1v) is 15.0. The zero-order valence-corrected chi connectivity index (χ0v) is 24.7. The van der Waals surface area contributed by atoms with Crippen LogP contribution in [-0.2, 0) is 0 Å². The second-order valence-corrected chi connectivity index (χ2v) is 11.6. The number of fused-ring (bicyclic) bond motifs is 5. The van der Waals surface area contributed by atoms with Crippen LogP contribution in [-0.4, -0.2) is 14.5 Å². The molecule has 6 aromatic carbocycles. The van der Waals surface area contributed by atoms with Crippen LogP contribution in [0.2, 0.25) is 0 Å². The Hall–Kier alpha value is -5.94. The first-order chi connectivity index (χ1) is 24.9. The lowest BCUT2D eigenvalue weighted by molar-refractivity contribution is 0.619. The predicted molar refractivity (Wildman–Crippen MR) is 186 cm³/mol. The van der Waals surface area contributed by atoms with Crippen molar-refractivity contribution in [1.29, 1.82) is 0 Å². The summed E-state index contributed by atoms with van der Waals surface area (Å²) in [5.41, 5.74) is 8.57. The van der Waals surface area contributed by atoms with Gasteiger partial charge < -0.3 is 13.4 Å². The molecule has 0 N–H and O–H groups in total. The maximum absolute atomic E-state index is 8.24. The van der Waals surface area contributed by atoms with E-state index < -0.39 is 13.7 Å². The van der Waals surface area contributed by atoms with Crippen LogP contribution in [0.25, 0.3) is 83.7 Å². The van der Waals surface area contributed by atoms with Crippen molar-refractivity contribution in [3.05, 3.63) is 138 Å². The third kappa shape index (κ3) is 4.16. The van der Waals surface area contributed by atoms with Crippen LogP contribution in [0.15, 0.2) is 130 Å². The van der Waals surface area contributed by atoms with Gasteiger partial charge in [-0.2, -0.15) is 0 Å². The molecular weight excluding hydrogens is 566 g/mol. The molecule has 0 aliphatic rings. The van der Waals surface area contributed by atoms with E-state index >= 15 is 0 Å². The average Bonchev–Trinajstić information content (AvgIpc) is 3.84. The van der Waals surface area contributed by atoms with Crippen molar-refractivity contribution in [2.45, 2.75) is 20.6 Å². The van der Waals surface area contributed by atoms with E-state index in [4.69, 9.17) is 27.0 Å². The summed E-state index contributed by atoms with van der Waals surface area (Å²) in [5, 5.41) is 1.90. The highest BCUT2D eigenvalue weighted by atomic mass is 16.4. The molecule has 0 bridgehead atoms. The molecule has 9 rings (SSSR count). The molecule has 220 valence electrons. The number of benzene rings is 6. The molecule has 46 heavy (non-hydrogen) atoms. The molecule has 0 spiro atoms. The highest BCUT2D eigenvalue weighted by Gasteiger charge is 2.18. The predicted octanol–water partition coefficient (Wildman–Crippen LogP) is 11.0. The van der Waals surface area contributed by atoms with Crippen molar-refractivity contribution in [1.82, 2.24) is 14.5 Å². The van der Waals surface area contributed by atoms with Crippen LogP contribution in [0.3, 0.4) is 0 Å². The van der Waals surface area contributed by atoms with Gasteiger partial charge in [0.2, 0.25) is 11.8 Å². The van der Waals surface area contributed by atoms with Gasteiger partial charge in [0.15, 0.2) is 11.2 Å². The molecular formula is C41H29N3O2. The lowest BCUT2D eigenvalue weighted by Gasteiger charge is -2.13. The standard InChI is InChI=1S/C41H29N3O2/c1-24-20-25(2)39(26(3)21-24)27-12-16-30(17-13-27)44-35-18-14-28(40-42-33-8-4-6-10-37(33)45-40)22-31(35)32-23-29(15-19-36(32)44)41-43-34-9-5-7-11-38(34)46-41/h4-23H,1-3H3/i2D3,3D3. The van der Waals surface area contributed by atoms with Gasteiger partial charge in [0.1, 0.15) is 11.0 Å². The maximum Gasteiger partial charge on any atom is 0.227 e. The number of aromatic nitrogens is 3. The molecule has 0 aliphatic heterocycles. The van der Waals surface area contributed by atoms with Crippen LogP contribution >= 0.6 is 0 Å². The van der Waals surface area contributed by atoms with Crippen LogP contribution < -0.4 is 0 Å². The lowest BCUT2D eigenvalue weighted by atomic mass is 9.94. The summed E-state index contributed by atoms with van der Waals surface area (Å²) >= 11 is 0. The molecule has 5 nitrogen and oxygen atoms in total. The Balaban J connectivity index is 1.24. The minimum absolute atomic E-state index is 0.0155. The van der Waals surface area contributed by atoms with Gasteiger partial charge in [-0.3, -0.25) is 0 Å². The zero-order valence-electron chi connectivity index (χ0n) is 30.7. The van der Waals surface area contributed by atoms with Crippen molar-refractivity contribution >= 4 is 44.0 Å². The Morgan fingerprint density at radius 2 is 1.07 bits per heavy atom. The van der Waals surface area contributed by atoms with Gasteiger partial charge >= 0.3 is 0 Å². The second kappa shape index (κ2) is 10.0. The summed E-state index contributed by atoms with van der Waals surface area (Å²) in [6, 6.07) is 38.0. The summed E-state index contributed by atoms with van der Waals surface area (Å²) in [4.78, 5) is 9.48.